The fraction of sp³-hybridized carbons (Fsp3) is 0.417. The molecule has 0 saturated carbocycles. The van der Waals surface area contributed by atoms with Gasteiger partial charge in [-0.3, -0.25) is 10.6 Å². The molecule has 0 unspecified atom stereocenters. The number of hydrogen-bond donors (Lipinski definition) is 2. The number of hydrogen-bond acceptors (Lipinski definition) is 4. The third-order valence-electron chi connectivity index (χ3n) is 2.49. The second-order valence-corrected chi connectivity index (χ2v) is 4.19. The van der Waals surface area contributed by atoms with Crippen LogP contribution >= 0.6 is 11.6 Å². The lowest BCUT2D eigenvalue weighted by atomic mass is 10.1. The van der Waals surface area contributed by atoms with E-state index in [1.54, 1.807) is 30.1 Å². The molecular formula is C12H18ClN3O2. The van der Waals surface area contributed by atoms with Crippen LogP contribution < -0.4 is 11.3 Å². The van der Waals surface area contributed by atoms with Gasteiger partial charge >= 0.3 is 0 Å². The first kappa shape index (κ1) is 14.8. The highest BCUT2D eigenvalue weighted by Crippen LogP contribution is 2.21. The van der Waals surface area contributed by atoms with E-state index in [-0.39, 0.29) is 5.91 Å². The monoisotopic (exact) mass is 271 g/mol. The van der Waals surface area contributed by atoms with E-state index < -0.39 is 0 Å². The van der Waals surface area contributed by atoms with Gasteiger partial charge in [-0.2, -0.15) is 0 Å². The van der Waals surface area contributed by atoms with Crippen molar-refractivity contribution in [3.05, 3.63) is 28.8 Å². The molecule has 1 aromatic rings. The van der Waals surface area contributed by atoms with E-state index in [0.717, 1.165) is 0 Å². The minimum Gasteiger partial charge on any atom is -0.380 e. The van der Waals surface area contributed by atoms with Crippen molar-refractivity contribution in [3.63, 3.8) is 0 Å². The van der Waals surface area contributed by atoms with Gasteiger partial charge in [0.15, 0.2) is 0 Å². The molecule has 0 saturated heterocycles. The van der Waals surface area contributed by atoms with Gasteiger partial charge in [-0.15, -0.1) is 0 Å². The average Bonchev–Trinajstić information content (AvgIpc) is 2.38. The van der Waals surface area contributed by atoms with E-state index in [1.807, 2.05) is 6.92 Å². The van der Waals surface area contributed by atoms with Crippen LogP contribution in [0.15, 0.2) is 18.2 Å². The number of benzene rings is 1. The first-order valence-electron chi connectivity index (χ1n) is 5.69. The number of nitrogens with one attached hydrogen (secondary N) is 1. The van der Waals surface area contributed by atoms with Gasteiger partial charge in [0, 0.05) is 25.2 Å². The quantitative estimate of drug-likeness (QED) is 0.470. The lowest BCUT2D eigenvalue weighted by Gasteiger charge is -2.18. The third-order valence-corrected chi connectivity index (χ3v) is 2.72. The second-order valence-electron chi connectivity index (χ2n) is 3.76. The molecular weight excluding hydrogens is 254 g/mol. The summed E-state index contributed by atoms with van der Waals surface area (Å²) >= 11 is 5.89. The maximum Gasteiger partial charge on any atom is 0.255 e. The summed E-state index contributed by atoms with van der Waals surface area (Å²) in [5.41, 5.74) is 3.49. The molecule has 6 heteroatoms. The lowest BCUT2D eigenvalue weighted by Crippen LogP contribution is -2.31. The van der Waals surface area contributed by atoms with Crippen LogP contribution in [0.4, 0.5) is 5.69 Å². The number of nitrogens with two attached hydrogens (primary N) is 1. The first-order valence-corrected chi connectivity index (χ1v) is 6.07. The number of amides is 1. The van der Waals surface area contributed by atoms with Crippen molar-refractivity contribution in [1.82, 2.24) is 4.90 Å². The van der Waals surface area contributed by atoms with Gasteiger partial charge in [0.25, 0.3) is 5.91 Å². The Labute approximate surface area is 112 Å². The summed E-state index contributed by atoms with van der Waals surface area (Å²) < 4.78 is 5.21. The number of nitrogens with zero attached hydrogens (tertiary/aromatic N) is 1. The molecule has 0 fully saturated rings. The van der Waals surface area contributed by atoms with Gasteiger partial charge in [0.2, 0.25) is 0 Å². The molecule has 0 radical (unpaired) electrons. The standard InChI is InChI=1S/C12H18ClN3O2/c1-3-18-7-6-16(2)12(17)10-8-9(13)4-5-11(10)15-14/h4-5,8,15H,3,6-7,14H2,1-2H3. The molecule has 100 valence electrons. The number of carbonyl (C=O) groups excluding carboxylic acids is 1. The zero-order valence-electron chi connectivity index (χ0n) is 10.6. The molecule has 1 aromatic carbocycles. The van der Waals surface area contributed by atoms with Gasteiger partial charge in [0.05, 0.1) is 17.9 Å². The molecule has 3 N–H and O–H groups in total. The maximum atomic E-state index is 12.2. The van der Waals surface area contributed by atoms with Gasteiger partial charge in [-0.25, -0.2) is 0 Å². The van der Waals surface area contributed by atoms with Crippen molar-refractivity contribution in [3.8, 4) is 0 Å². The fourth-order valence-corrected chi connectivity index (χ4v) is 1.64. The summed E-state index contributed by atoms with van der Waals surface area (Å²) in [6.45, 7) is 3.57. The number of halogens is 1. The summed E-state index contributed by atoms with van der Waals surface area (Å²) in [7, 11) is 1.71. The molecule has 18 heavy (non-hydrogen) atoms. The van der Waals surface area contributed by atoms with Crippen LogP contribution in [-0.2, 0) is 4.74 Å². The van der Waals surface area contributed by atoms with E-state index >= 15 is 0 Å². The normalized spacial score (nSPS) is 10.2. The van der Waals surface area contributed by atoms with Crippen molar-refractivity contribution in [2.24, 2.45) is 5.84 Å². The average molecular weight is 272 g/mol. The number of carbonyl (C=O) groups is 1. The Bertz CT molecular complexity index is 412. The molecule has 1 rings (SSSR count). The van der Waals surface area contributed by atoms with Crippen LogP contribution in [0.2, 0.25) is 5.02 Å². The van der Waals surface area contributed by atoms with Crippen LogP contribution in [-0.4, -0.2) is 37.6 Å². The fourth-order valence-electron chi connectivity index (χ4n) is 1.47. The van der Waals surface area contributed by atoms with E-state index in [9.17, 15) is 4.79 Å². The summed E-state index contributed by atoms with van der Waals surface area (Å²) in [6.07, 6.45) is 0. The lowest BCUT2D eigenvalue weighted by molar-refractivity contribution is 0.0711. The largest absolute Gasteiger partial charge is 0.380 e. The minimum absolute atomic E-state index is 0.148. The van der Waals surface area contributed by atoms with Crippen molar-refractivity contribution < 1.29 is 9.53 Å². The predicted molar refractivity (Wildman–Crippen MR) is 72.7 cm³/mol. The Kier molecular flexibility index (Phi) is 5.91. The van der Waals surface area contributed by atoms with Crippen molar-refractivity contribution in [2.45, 2.75) is 6.92 Å². The van der Waals surface area contributed by atoms with Gasteiger partial charge in [0.1, 0.15) is 0 Å². The molecule has 0 aliphatic heterocycles. The Morgan fingerprint density at radius 1 is 1.56 bits per heavy atom. The summed E-state index contributed by atoms with van der Waals surface area (Å²) in [5, 5.41) is 0.496. The number of ether oxygens (including phenoxy) is 1. The Hall–Kier alpha value is -1.30. The Morgan fingerprint density at radius 2 is 2.28 bits per heavy atom. The van der Waals surface area contributed by atoms with Crippen LogP contribution in [0, 0.1) is 0 Å². The predicted octanol–water partition coefficient (Wildman–Crippen LogP) is 1.73. The molecule has 5 nitrogen and oxygen atoms in total. The molecule has 0 aromatic heterocycles. The highest BCUT2D eigenvalue weighted by Gasteiger charge is 2.15. The summed E-state index contributed by atoms with van der Waals surface area (Å²) in [6, 6.07) is 4.94. The molecule has 0 aliphatic rings. The molecule has 0 atom stereocenters. The summed E-state index contributed by atoms with van der Waals surface area (Å²) in [5.74, 6) is 5.22. The highest BCUT2D eigenvalue weighted by molar-refractivity contribution is 6.31. The molecule has 0 bridgehead atoms. The number of rotatable bonds is 6. The van der Waals surface area contributed by atoms with Gasteiger partial charge < -0.3 is 15.1 Å². The zero-order valence-corrected chi connectivity index (χ0v) is 11.3. The maximum absolute atomic E-state index is 12.2. The third kappa shape index (κ3) is 3.87. The van der Waals surface area contributed by atoms with E-state index in [4.69, 9.17) is 22.2 Å². The molecule has 1 amide bonds. The number of hydrazine groups is 1. The first-order chi connectivity index (χ1) is 8.60. The van der Waals surface area contributed by atoms with E-state index in [0.29, 0.717) is 36.0 Å². The molecule has 0 aliphatic carbocycles. The van der Waals surface area contributed by atoms with Crippen LogP contribution in [0.25, 0.3) is 0 Å². The Morgan fingerprint density at radius 3 is 2.89 bits per heavy atom. The van der Waals surface area contributed by atoms with Crippen molar-refractivity contribution >= 4 is 23.2 Å². The SMILES string of the molecule is CCOCCN(C)C(=O)c1cc(Cl)ccc1NN. The van der Waals surface area contributed by atoms with Gasteiger partial charge in [-0.1, -0.05) is 11.6 Å². The second kappa shape index (κ2) is 7.20. The topological polar surface area (TPSA) is 67.6 Å². The molecule has 0 spiro atoms. The zero-order chi connectivity index (χ0) is 13.5. The minimum atomic E-state index is -0.148. The summed E-state index contributed by atoms with van der Waals surface area (Å²) in [4.78, 5) is 13.8. The van der Waals surface area contributed by atoms with Crippen LogP contribution in [0.5, 0.6) is 0 Å². The number of likely N-dealkylation sites (N-methyl/N-ethyl adjacent to an activating group) is 1. The number of anilines is 1. The van der Waals surface area contributed by atoms with E-state index in [2.05, 4.69) is 5.43 Å². The van der Waals surface area contributed by atoms with Crippen LogP contribution in [0.3, 0.4) is 0 Å². The Balaban J connectivity index is 2.79. The highest BCUT2D eigenvalue weighted by atomic mass is 35.5. The number of nitrogen functional groups attached to an aromatic ring is 1. The van der Waals surface area contributed by atoms with E-state index in [1.165, 1.54) is 0 Å². The van der Waals surface area contributed by atoms with Gasteiger partial charge in [-0.05, 0) is 25.1 Å². The van der Waals surface area contributed by atoms with Crippen molar-refractivity contribution in [1.29, 1.82) is 0 Å². The smallest absolute Gasteiger partial charge is 0.255 e. The molecule has 0 heterocycles. The van der Waals surface area contributed by atoms with Crippen molar-refractivity contribution in [2.75, 3.05) is 32.2 Å². The van der Waals surface area contributed by atoms with Crippen LogP contribution in [0.1, 0.15) is 17.3 Å².